The van der Waals surface area contributed by atoms with E-state index in [0.29, 0.717) is 39.5 Å². The van der Waals surface area contributed by atoms with Crippen molar-refractivity contribution >= 4 is 11.8 Å². The van der Waals surface area contributed by atoms with Crippen LogP contribution in [0.5, 0.6) is 0 Å². The van der Waals surface area contributed by atoms with Crippen molar-refractivity contribution in [3.05, 3.63) is 0 Å². The van der Waals surface area contributed by atoms with Crippen LogP contribution in [0.1, 0.15) is 26.7 Å². The zero-order valence-corrected chi connectivity index (χ0v) is 12.9. The van der Waals surface area contributed by atoms with Gasteiger partial charge >= 0.3 is 0 Å². The monoisotopic (exact) mass is 291 g/mol. The predicted molar refractivity (Wildman–Crippen MR) is 78.4 cm³/mol. The minimum atomic E-state index is -0.151. The molecular formula is C13H29N3O4. The third-order valence-corrected chi connectivity index (χ3v) is 2.06. The first-order valence-corrected chi connectivity index (χ1v) is 7.03. The van der Waals surface area contributed by atoms with Gasteiger partial charge in [0.15, 0.2) is 0 Å². The summed E-state index contributed by atoms with van der Waals surface area (Å²) in [5.41, 5.74) is 5.24. The second-order valence-corrected chi connectivity index (χ2v) is 3.54. The minimum absolute atomic E-state index is 0.140. The quantitative estimate of drug-likeness (QED) is 0.451. The lowest BCUT2D eigenvalue weighted by atomic mass is 10.3. The highest BCUT2D eigenvalue weighted by Crippen LogP contribution is 1.88. The van der Waals surface area contributed by atoms with Crippen molar-refractivity contribution in [2.45, 2.75) is 26.7 Å². The lowest BCUT2D eigenvalue weighted by Gasteiger charge is -2.06. The van der Waals surface area contributed by atoms with Crippen LogP contribution >= 0.6 is 0 Å². The van der Waals surface area contributed by atoms with Crippen molar-refractivity contribution in [1.29, 1.82) is 0 Å². The first-order valence-electron chi connectivity index (χ1n) is 7.03. The molecule has 0 radical (unpaired) electrons. The smallest absolute Gasteiger partial charge is 0.220 e. The summed E-state index contributed by atoms with van der Waals surface area (Å²) < 4.78 is 10.3. The third-order valence-electron chi connectivity index (χ3n) is 2.06. The molecule has 7 heteroatoms. The molecule has 0 aromatic rings. The Balaban J connectivity index is 0. The Bertz CT molecular complexity index is 238. The summed E-state index contributed by atoms with van der Waals surface area (Å²) in [4.78, 5) is 22.1. The first kappa shape index (κ1) is 21.1. The van der Waals surface area contributed by atoms with E-state index in [2.05, 4.69) is 10.6 Å². The van der Waals surface area contributed by atoms with E-state index < -0.39 is 0 Å². The highest BCUT2D eigenvalue weighted by Gasteiger charge is 2.04. The van der Waals surface area contributed by atoms with Gasteiger partial charge in [-0.2, -0.15) is 0 Å². The number of rotatable bonds is 11. The number of carbonyl (C=O) groups excluding carboxylic acids is 2. The molecule has 2 amide bonds. The molecule has 0 atom stereocenters. The summed E-state index contributed by atoms with van der Waals surface area (Å²) in [7, 11) is 1.54. The Morgan fingerprint density at radius 1 is 0.950 bits per heavy atom. The van der Waals surface area contributed by atoms with Crippen LogP contribution in [0.4, 0.5) is 0 Å². The van der Waals surface area contributed by atoms with Crippen molar-refractivity contribution in [2.75, 3.05) is 46.6 Å². The van der Waals surface area contributed by atoms with Gasteiger partial charge in [0.2, 0.25) is 11.8 Å². The maximum Gasteiger partial charge on any atom is 0.220 e. The minimum Gasteiger partial charge on any atom is -0.378 e. The number of nitrogens with one attached hydrogen (secondary N) is 2. The van der Waals surface area contributed by atoms with Crippen molar-refractivity contribution in [3.63, 3.8) is 0 Å². The predicted octanol–water partition coefficient (Wildman–Crippen LogP) is -0.353. The third kappa shape index (κ3) is 16.8. The maximum absolute atomic E-state index is 11.3. The fourth-order valence-corrected chi connectivity index (χ4v) is 1.11. The zero-order valence-electron chi connectivity index (χ0n) is 12.9. The van der Waals surface area contributed by atoms with Gasteiger partial charge in [0.05, 0.1) is 26.4 Å². The number of ether oxygens (including phenoxy) is 2. The van der Waals surface area contributed by atoms with Gasteiger partial charge < -0.3 is 25.8 Å². The van der Waals surface area contributed by atoms with Crippen molar-refractivity contribution < 1.29 is 19.1 Å². The molecule has 0 unspecified atom stereocenters. The van der Waals surface area contributed by atoms with E-state index in [9.17, 15) is 9.59 Å². The molecule has 0 saturated heterocycles. The Labute approximate surface area is 121 Å². The molecule has 0 bridgehead atoms. The summed E-state index contributed by atoms with van der Waals surface area (Å²) in [5.74, 6) is -0.292. The van der Waals surface area contributed by atoms with Gasteiger partial charge in [-0.1, -0.05) is 13.8 Å². The molecule has 0 rings (SSSR count). The van der Waals surface area contributed by atoms with E-state index in [-0.39, 0.29) is 24.7 Å². The molecule has 0 saturated carbocycles. The Hall–Kier alpha value is -1.18. The Morgan fingerprint density at radius 2 is 1.50 bits per heavy atom. The van der Waals surface area contributed by atoms with E-state index in [1.807, 2.05) is 13.8 Å². The molecule has 0 heterocycles. The summed E-state index contributed by atoms with van der Waals surface area (Å²) in [5, 5.41) is 5.11. The average molecular weight is 291 g/mol. The van der Waals surface area contributed by atoms with E-state index in [0.717, 1.165) is 0 Å². The molecule has 4 N–H and O–H groups in total. The van der Waals surface area contributed by atoms with Gasteiger partial charge in [-0.3, -0.25) is 9.59 Å². The number of carbonyl (C=O) groups is 2. The van der Waals surface area contributed by atoms with Crippen LogP contribution in [0.3, 0.4) is 0 Å². The molecule has 120 valence electrons. The van der Waals surface area contributed by atoms with Crippen LogP contribution in [-0.4, -0.2) is 58.4 Å². The largest absolute Gasteiger partial charge is 0.378 e. The van der Waals surface area contributed by atoms with Crippen LogP contribution in [0.15, 0.2) is 0 Å². The van der Waals surface area contributed by atoms with Gasteiger partial charge in [0.25, 0.3) is 0 Å². The maximum atomic E-state index is 11.3. The molecule has 0 aliphatic carbocycles. The van der Waals surface area contributed by atoms with Crippen LogP contribution < -0.4 is 16.4 Å². The lowest BCUT2D eigenvalue weighted by molar-refractivity contribution is -0.126. The van der Waals surface area contributed by atoms with E-state index >= 15 is 0 Å². The van der Waals surface area contributed by atoms with Crippen LogP contribution in [0.25, 0.3) is 0 Å². The van der Waals surface area contributed by atoms with E-state index in [1.54, 1.807) is 7.05 Å². The van der Waals surface area contributed by atoms with Gasteiger partial charge in [-0.05, 0) is 0 Å². The summed E-state index contributed by atoms with van der Waals surface area (Å²) in [6.45, 7) is 6.87. The molecule has 0 aliphatic heterocycles. The molecule has 0 spiro atoms. The highest BCUT2D eigenvalue weighted by molar-refractivity contribution is 5.83. The van der Waals surface area contributed by atoms with Crippen LogP contribution in [0, 0.1) is 0 Å². The zero-order chi connectivity index (χ0) is 15.6. The van der Waals surface area contributed by atoms with Gasteiger partial charge in [0, 0.05) is 33.0 Å². The fraction of sp³-hybridized carbons (Fsp3) is 0.846. The fourth-order valence-electron chi connectivity index (χ4n) is 1.11. The Morgan fingerprint density at radius 3 is 2.05 bits per heavy atom. The lowest BCUT2D eigenvalue weighted by Crippen LogP contribution is -2.29. The summed E-state index contributed by atoms with van der Waals surface area (Å²) in [6.07, 6.45) is 0.398. The molecule has 7 nitrogen and oxygen atoms in total. The average Bonchev–Trinajstić information content (AvgIpc) is 2.49. The highest BCUT2D eigenvalue weighted by atomic mass is 16.5. The number of nitrogens with two attached hydrogens (primary N) is 1. The van der Waals surface area contributed by atoms with Crippen molar-refractivity contribution in [3.8, 4) is 0 Å². The topological polar surface area (TPSA) is 103 Å². The standard InChI is InChI=1S/C11H23N3O4.C2H6/c1-13-10(15)2-3-11(16)14-5-7-18-9-8-17-6-4-12;1-2/h2-9,12H2,1H3,(H,13,15)(H,14,16);1-2H3. The van der Waals surface area contributed by atoms with Crippen LogP contribution in [0.2, 0.25) is 0 Å². The molecular weight excluding hydrogens is 262 g/mol. The second kappa shape index (κ2) is 17.8. The molecule has 0 aromatic carbocycles. The number of hydrogen-bond donors (Lipinski definition) is 3. The van der Waals surface area contributed by atoms with Crippen molar-refractivity contribution in [1.82, 2.24) is 10.6 Å². The molecule has 20 heavy (non-hydrogen) atoms. The molecule has 0 fully saturated rings. The molecule has 0 aliphatic rings. The molecule has 0 aromatic heterocycles. The van der Waals surface area contributed by atoms with Crippen molar-refractivity contribution in [2.24, 2.45) is 5.73 Å². The normalized spacial score (nSPS) is 9.40. The summed E-state index contributed by atoms with van der Waals surface area (Å²) >= 11 is 0. The van der Waals surface area contributed by atoms with Gasteiger partial charge in [0.1, 0.15) is 0 Å². The van der Waals surface area contributed by atoms with Crippen LogP contribution in [-0.2, 0) is 19.1 Å². The van der Waals surface area contributed by atoms with E-state index in [4.69, 9.17) is 15.2 Å². The summed E-state index contributed by atoms with van der Waals surface area (Å²) in [6, 6.07) is 0. The number of amides is 2. The van der Waals surface area contributed by atoms with Gasteiger partial charge in [-0.25, -0.2) is 0 Å². The SMILES string of the molecule is CC.CNC(=O)CCC(=O)NCCOCCOCCN. The Kier molecular flexibility index (Phi) is 18.8. The number of hydrogen-bond acceptors (Lipinski definition) is 5. The van der Waals surface area contributed by atoms with Gasteiger partial charge in [-0.15, -0.1) is 0 Å². The second-order valence-electron chi connectivity index (χ2n) is 3.54. The first-order chi connectivity index (χ1) is 9.70. The van der Waals surface area contributed by atoms with E-state index in [1.165, 1.54) is 0 Å².